The highest BCUT2D eigenvalue weighted by Crippen LogP contribution is 2.38. The minimum absolute atomic E-state index is 0.129. The highest BCUT2D eigenvalue weighted by Gasteiger charge is 2.30. The van der Waals surface area contributed by atoms with E-state index in [2.05, 4.69) is 22.2 Å². The van der Waals surface area contributed by atoms with Crippen LogP contribution in [0.3, 0.4) is 0 Å². The Morgan fingerprint density at radius 2 is 2.12 bits per heavy atom. The quantitative estimate of drug-likeness (QED) is 0.897. The van der Waals surface area contributed by atoms with Crippen LogP contribution in [0.2, 0.25) is 5.15 Å². The molecule has 1 N–H and O–H groups in total. The number of rotatable bonds is 5. The van der Waals surface area contributed by atoms with E-state index in [1.54, 1.807) is 17.9 Å². The predicted octanol–water partition coefficient (Wildman–Crippen LogP) is 3.45. The standard InChI is InChI=1S/C17H20ClN4O2/c1-9-7-13(10(2)19-16(9)24-4)20-15-17(23)22(8-14(18)21-15)11(3)12-5-6-12/h7-8,11-12H,3,5-6H2,1-2,4H3,(H,20,21)/t11-/m0/s1. The molecule has 6 nitrogen and oxygen atoms in total. The van der Waals surface area contributed by atoms with Crippen molar-refractivity contribution in [1.29, 1.82) is 0 Å². The van der Waals surface area contributed by atoms with E-state index in [4.69, 9.17) is 16.3 Å². The summed E-state index contributed by atoms with van der Waals surface area (Å²) in [4.78, 5) is 21.2. The van der Waals surface area contributed by atoms with Crippen molar-refractivity contribution in [3.63, 3.8) is 0 Å². The summed E-state index contributed by atoms with van der Waals surface area (Å²) in [7, 11) is 1.57. The Morgan fingerprint density at radius 3 is 2.75 bits per heavy atom. The fourth-order valence-electron chi connectivity index (χ4n) is 2.66. The average Bonchev–Trinajstić information content (AvgIpc) is 3.37. The largest absolute Gasteiger partial charge is 0.481 e. The first-order valence-corrected chi connectivity index (χ1v) is 8.19. The predicted molar refractivity (Wildman–Crippen MR) is 94.2 cm³/mol. The zero-order valence-electron chi connectivity index (χ0n) is 14.0. The summed E-state index contributed by atoms with van der Waals surface area (Å²) < 4.78 is 6.77. The van der Waals surface area contributed by atoms with Gasteiger partial charge in [0.25, 0.3) is 5.56 Å². The van der Waals surface area contributed by atoms with Gasteiger partial charge in [0.05, 0.1) is 18.5 Å². The first kappa shape index (κ1) is 16.8. The van der Waals surface area contributed by atoms with Gasteiger partial charge >= 0.3 is 0 Å². The van der Waals surface area contributed by atoms with E-state index in [0.717, 1.165) is 18.4 Å². The van der Waals surface area contributed by atoms with E-state index < -0.39 is 0 Å². The maximum atomic E-state index is 12.7. The number of nitrogens with one attached hydrogen (secondary N) is 1. The molecule has 0 unspecified atom stereocenters. The summed E-state index contributed by atoms with van der Waals surface area (Å²) in [6.07, 6.45) is 3.73. The minimum Gasteiger partial charge on any atom is -0.481 e. The molecule has 0 saturated heterocycles. The van der Waals surface area contributed by atoms with Crippen molar-refractivity contribution in [2.75, 3.05) is 12.4 Å². The molecule has 1 saturated carbocycles. The molecule has 0 amide bonds. The third kappa shape index (κ3) is 3.24. The van der Waals surface area contributed by atoms with Gasteiger partial charge in [-0.3, -0.25) is 4.79 Å². The molecule has 127 valence electrons. The van der Waals surface area contributed by atoms with Gasteiger partial charge in [-0.05, 0) is 45.6 Å². The molecule has 7 heteroatoms. The second-order valence-corrected chi connectivity index (χ2v) is 6.49. The molecular weight excluding hydrogens is 328 g/mol. The van der Waals surface area contributed by atoms with Crippen LogP contribution >= 0.6 is 11.6 Å². The molecule has 1 aliphatic carbocycles. The third-order valence-electron chi connectivity index (χ3n) is 4.23. The van der Waals surface area contributed by atoms with E-state index in [1.807, 2.05) is 19.9 Å². The molecule has 2 heterocycles. The number of ether oxygens (including phenoxy) is 1. The lowest BCUT2D eigenvalue weighted by Crippen LogP contribution is -2.27. The van der Waals surface area contributed by atoms with Gasteiger partial charge in [-0.15, -0.1) is 0 Å². The van der Waals surface area contributed by atoms with Crippen LogP contribution in [-0.2, 0) is 0 Å². The van der Waals surface area contributed by atoms with Crippen LogP contribution < -0.4 is 15.6 Å². The first-order chi connectivity index (χ1) is 11.4. The van der Waals surface area contributed by atoms with Crippen LogP contribution in [0.5, 0.6) is 5.88 Å². The summed E-state index contributed by atoms with van der Waals surface area (Å²) in [5, 5.41) is 3.31. The van der Waals surface area contributed by atoms with Crippen molar-refractivity contribution in [2.45, 2.75) is 32.7 Å². The Hall–Kier alpha value is -2.08. The molecular formula is C17H20ClN4O2. The fraction of sp³-hybridized carbons (Fsp3) is 0.412. The second kappa shape index (κ2) is 6.43. The number of aryl methyl sites for hydroxylation is 2. The summed E-state index contributed by atoms with van der Waals surface area (Å²) >= 11 is 6.10. The van der Waals surface area contributed by atoms with Gasteiger partial charge in [-0.2, -0.15) is 0 Å². The van der Waals surface area contributed by atoms with Crippen molar-refractivity contribution < 1.29 is 4.74 Å². The molecule has 1 atom stereocenters. The summed E-state index contributed by atoms with van der Waals surface area (Å²) in [5.74, 6) is 1.16. The molecule has 1 fully saturated rings. The molecule has 1 radical (unpaired) electrons. The Balaban J connectivity index is 1.98. The maximum Gasteiger partial charge on any atom is 0.294 e. The molecule has 1 aliphatic rings. The highest BCUT2D eigenvalue weighted by molar-refractivity contribution is 6.29. The Morgan fingerprint density at radius 1 is 1.42 bits per heavy atom. The monoisotopic (exact) mass is 347 g/mol. The lowest BCUT2D eigenvalue weighted by molar-refractivity contribution is 0.394. The van der Waals surface area contributed by atoms with Gasteiger partial charge in [0.15, 0.2) is 5.82 Å². The normalized spacial score (nSPS) is 15.2. The van der Waals surface area contributed by atoms with E-state index in [0.29, 0.717) is 23.2 Å². The van der Waals surface area contributed by atoms with E-state index in [1.165, 1.54) is 0 Å². The molecule has 0 aliphatic heterocycles. The fourth-order valence-corrected chi connectivity index (χ4v) is 2.85. The third-order valence-corrected chi connectivity index (χ3v) is 4.41. The maximum absolute atomic E-state index is 12.7. The summed E-state index contributed by atoms with van der Waals surface area (Å²) in [6, 6.07) is 1.74. The number of hydrogen-bond acceptors (Lipinski definition) is 5. The van der Waals surface area contributed by atoms with Gasteiger partial charge < -0.3 is 14.6 Å². The van der Waals surface area contributed by atoms with E-state index >= 15 is 0 Å². The van der Waals surface area contributed by atoms with Gasteiger partial charge in [0.1, 0.15) is 5.15 Å². The number of hydrogen-bond donors (Lipinski definition) is 1. The molecule has 2 aromatic rings. The molecule has 0 bridgehead atoms. The highest BCUT2D eigenvalue weighted by atomic mass is 35.5. The van der Waals surface area contributed by atoms with Crippen molar-refractivity contribution >= 4 is 23.1 Å². The van der Waals surface area contributed by atoms with Gasteiger partial charge in [0.2, 0.25) is 5.88 Å². The van der Waals surface area contributed by atoms with Crippen LogP contribution in [0.25, 0.3) is 0 Å². The second-order valence-electron chi connectivity index (χ2n) is 6.10. The van der Waals surface area contributed by atoms with Crippen LogP contribution in [0, 0.1) is 26.7 Å². The Bertz CT molecular complexity index is 830. The molecule has 24 heavy (non-hydrogen) atoms. The van der Waals surface area contributed by atoms with Crippen LogP contribution in [0.4, 0.5) is 11.5 Å². The van der Waals surface area contributed by atoms with Crippen molar-refractivity contribution in [3.8, 4) is 5.88 Å². The summed E-state index contributed by atoms with van der Waals surface area (Å²) in [5.41, 5.74) is 2.03. The Labute approximate surface area is 145 Å². The number of anilines is 2. The summed E-state index contributed by atoms with van der Waals surface area (Å²) in [6.45, 7) is 7.82. The van der Waals surface area contributed by atoms with Crippen LogP contribution in [0.15, 0.2) is 17.1 Å². The van der Waals surface area contributed by atoms with Crippen molar-refractivity contribution in [3.05, 3.63) is 46.0 Å². The van der Waals surface area contributed by atoms with E-state index in [9.17, 15) is 4.79 Å². The van der Waals surface area contributed by atoms with E-state index in [-0.39, 0.29) is 22.6 Å². The molecule has 3 rings (SSSR count). The number of pyridine rings is 1. The average molecular weight is 348 g/mol. The van der Waals surface area contributed by atoms with Gasteiger partial charge in [-0.1, -0.05) is 11.6 Å². The molecule has 0 spiro atoms. The SMILES string of the molecule is [CH2][C@@H](C1CC1)n1cc(Cl)nc(Nc2cc(C)c(OC)nc2C)c1=O. The first-order valence-electron chi connectivity index (χ1n) is 7.81. The Kier molecular flexibility index (Phi) is 4.49. The van der Waals surface area contributed by atoms with Crippen LogP contribution in [0.1, 0.15) is 30.1 Å². The van der Waals surface area contributed by atoms with Crippen LogP contribution in [-0.4, -0.2) is 21.6 Å². The van der Waals surface area contributed by atoms with Gasteiger partial charge in [-0.25, -0.2) is 9.97 Å². The molecule has 0 aromatic carbocycles. The number of aromatic nitrogens is 3. The van der Waals surface area contributed by atoms with Gasteiger partial charge in [0, 0.05) is 17.8 Å². The lowest BCUT2D eigenvalue weighted by atomic mass is 10.2. The van der Waals surface area contributed by atoms with Crippen molar-refractivity contribution in [2.24, 2.45) is 5.92 Å². The number of halogens is 1. The smallest absolute Gasteiger partial charge is 0.294 e. The molecule has 2 aromatic heterocycles. The topological polar surface area (TPSA) is 69.0 Å². The zero-order chi connectivity index (χ0) is 17.4. The number of methoxy groups -OCH3 is 1. The minimum atomic E-state index is -0.237. The van der Waals surface area contributed by atoms with Crippen molar-refractivity contribution in [1.82, 2.24) is 14.5 Å². The lowest BCUT2D eigenvalue weighted by Gasteiger charge is -2.17. The zero-order valence-corrected chi connectivity index (χ0v) is 14.7. The number of nitrogens with zero attached hydrogens (tertiary/aromatic N) is 3.